The molecule has 1 atom stereocenters. The number of hydrogen-bond donors (Lipinski definition) is 1. The number of aryl methyl sites for hydroxylation is 1. The molecule has 1 aliphatic heterocycles. The first-order valence-corrected chi connectivity index (χ1v) is 13.7. The van der Waals surface area contributed by atoms with Crippen molar-refractivity contribution in [3.05, 3.63) is 106 Å². The summed E-state index contributed by atoms with van der Waals surface area (Å²) in [5.74, 6) is -0.943. The third-order valence-electron chi connectivity index (χ3n) is 7.30. The summed E-state index contributed by atoms with van der Waals surface area (Å²) in [6, 6.07) is 15.3. The van der Waals surface area contributed by atoms with Crippen LogP contribution in [0.1, 0.15) is 45.1 Å². The van der Waals surface area contributed by atoms with Crippen LogP contribution >= 0.6 is 0 Å². The Hall–Kier alpha value is -5.41. The molecule has 1 saturated heterocycles. The number of imidazole rings is 1. The van der Waals surface area contributed by atoms with E-state index in [4.69, 9.17) is 19.5 Å². The highest BCUT2D eigenvalue weighted by Gasteiger charge is 2.24. The molecule has 222 valence electrons. The number of hydrogen-bond acceptors (Lipinski definition) is 8. The molecule has 12 heteroatoms. The van der Waals surface area contributed by atoms with Crippen LogP contribution in [0.4, 0.5) is 8.78 Å². The van der Waals surface area contributed by atoms with Crippen LogP contribution in [0.2, 0.25) is 0 Å². The van der Waals surface area contributed by atoms with Gasteiger partial charge in [0.2, 0.25) is 5.88 Å². The number of benzene rings is 3. The molecule has 2 aromatic heterocycles. The van der Waals surface area contributed by atoms with Crippen molar-refractivity contribution in [3.63, 3.8) is 0 Å². The monoisotopic (exact) mass is 597 g/mol. The third kappa shape index (κ3) is 6.04. The molecule has 0 amide bonds. The molecule has 0 spiro atoms. The Labute approximate surface area is 250 Å². The normalized spacial score (nSPS) is 14.2. The van der Waals surface area contributed by atoms with Crippen molar-refractivity contribution in [2.75, 3.05) is 6.61 Å². The quantitative estimate of drug-likeness (QED) is 0.214. The van der Waals surface area contributed by atoms with Crippen LogP contribution in [0.3, 0.4) is 0 Å². The molecule has 3 heterocycles. The number of carboxylic acids is 1. The molecule has 1 aliphatic rings. The van der Waals surface area contributed by atoms with E-state index in [2.05, 4.69) is 15.0 Å². The van der Waals surface area contributed by atoms with Crippen molar-refractivity contribution in [3.8, 4) is 23.4 Å². The fraction of sp³-hybridized carbons (Fsp3) is 0.219. The molecule has 1 fully saturated rings. The van der Waals surface area contributed by atoms with Gasteiger partial charge in [0.15, 0.2) is 23.2 Å². The summed E-state index contributed by atoms with van der Waals surface area (Å²) < 4.78 is 47.9. The third-order valence-corrected chi connectivity index (χ3v) is 7.30. The van der Waals surface area contributed by atoms with Crippen LogP contribution in [-0.4, -0.2) is 43.3 Å². The van der Waals surface area contributed by atoms with Gasteiger partial charge in [0, 0.05) is 25.3 Å². The summed E-state index contributed by atoms with van der Waals surface area (Å²) in [6.45, 7) is 2.89. The Bertz CT molecular complexity index is 1930. The highest BCUT2D eigenvalue weighted by molar-refractivity contribution is 5.92. The average Bonchev–Trinajstić information content (AvgIpc) is 3.33. The molecule has 0 bridgehead atoms. The van der Waals surface area contributed by atoms with Crippen molar-refractivity contribution in [1.29, 1.82) is 5.26 Å². The van der Waals surface area contributed by atoms with Gasteiger partial charge in [-0.3, -0.25) is 0 Å². The number of aromatic nitrogens is 4. The highest BCUT2D eigenvalue weighted by Crippen LogP contribution is 2.28. The summed E-state index contributed by atoms with van der Waals surface area (Å²) in [5.41, 5.74) is 2.39. The SMILES string of the molecule is Cc1cc(Oc2ccnc(COc3ccc(C#N)cc3F)n2)ccc1Cc1nc2c(F)cc(C(=O)O)cc2n1C[C@@H]1CCO1. The zero-order chi connectivity index (χ0) is 30.8. The van der Waals surface area contributed by atoms with Crippen molar-refractivity contribution < 1.29 is 32.9 Å². The van der Waals surface area contributed by atoms with Gasteiger partial charge in [0.1, 0.15) is 23.7 Å². The zero-order valence-corrected chi connectivity index (χ0v) is 23.5. The molecule has 1 N–H and O–H groups in total. The van der Waals surface area contributed by atoms with Gasteiger partial charge < -0.3 is 23.9 Å². The van der Waals surface area contributed by atoms with Crippen molar-refractivity contribution in [2.24, 2.45) is 0 Å². The predicted molar refractivity (Wildman–Crippen MR) is 153 cm³/mol. The van der Waals surface area contributed by atoms with Gasteiger partial charge in [0.25, 0.3) is 0 Å². The molecular formula is C32H25F2N5O5. The number of fused-ring (bicyclic) bond motifs is 1. The number of nitriles is 1. The van der Waals surface area contributed by atoms with Gasteiger partial charge in [-0.15, -0.1) is 0 Å². The first-order valence-electron chi connectivity index (χ1n) is 13.7. The lowest BCUT2D eigenvalue weighted by atomic mass is 10.0. The number of ether oxygens (including phenoxy) is 3. The minimum Gasteiger partial charge on any atom is -0.483 e. The number of aromatic carboxylic acids is 1. The van der Waals surface area contributed by atoms with E-state index in [9.17, 15) is 18.7 Å². The summed E-state index contributed by atoms with van der Waals surface area (Å²) in [6.07, 6.45) is 2.68. The predicted octanol–water partition coefficient (Wildman–Crippen LogP) is 5.73. The number of halogens is 2. The first kappa shape index (κ1) is 28.7. The van der Waals surface area contributed by atoms with E-state index >= 15 is 0 Å². The van der Waals surface area contributed by atoms with Crippen LogP contribution in [0.15, 0.2) is 60.8 Å². The Balaban J connectivity index is 1.19. The minimum atomic E-state index is -1.21. The molecule has 6 rings (SSSR count). The molecule has 0 aliphatic carbocycles. The van der Waals surface area contributed by atoms with Crippen molar-refractivity contribution in [1.82, 2.24) is 19.5 Å². The maximum atomic E-state index is 14.9. The summed E-state index contributed by atoms with van der Waals surface area (Å²) >= 11 is 0. The molecule has 0 unspecified atom stereocenters. The van der Waals surface area contributed by atoms with E-state index in [1.54, 1.807) is 12.1 Å². The van der Waals surface area contributed by atoms with E-state index in [0.29, 0.717) is 36.7 Å². The average molecular weight is 598 g/mol. The highest BCUT2D eigenvalue weighted by atomic mass is 19.1. The second kappa shape index (κ2) is 12.1. The van der Waals surface area contributed by atoms with Gasteiger partial charge in [-0.05, 0) is 66.9 Å². The van der Waals surface area contributed by atoms with Gasteiger partial charge >= 0.3 is 5.97 Å². The number of rotatable bonds is 10. The van der Waals surface area contributed by atoms with E-state index in [-0.39, 0.29) is 46.8 Å². The van der Waals surface area contributed by atoms with Crippen LogP contribution in [0.5, 0.6) is 17.4 Å². The molecule has 0 saturated carbocycles. The van der Waals surface area contributed by atoms with Gasteiger partial charge in [-0.2, -0.15) is 10.2 Å². The Morgan fingerprint density at radius 1 is 1.14 bits per heavy atom. The van der Waals surface area contributed by atoms with E-state index < -0.39 is 17.6 Å². The number of nitrogens with zero attached hydrogens (tertiary/aromatic N) is 5. The molecule has 3 aromatic carbocycles. The van der Waals surface area contributed by atoms with Gasteiger partial charge in [-0.25, -0.2) is 23.5 Å². The first-order chi connectivity index (χ1) is 21.3. The number of carboxylic acid groups (broad SMARTS) is 1. The second-order valence-corrected chi connectivity index (χ2v) is 10.3. The van der Waals surface area contributed by atoms with Crippen LogP contribution in [-0.2, 0) is 24.3 Å². The van der Waals surface area contributed by atoms with Crippen LogP contribution in [0.25, 0.3) is 11.0 Å². The standard InChI is InChI=1S/C32H25F2N5O5/c1-18-10-22(44-30-6-8-36-28(37-30)17-43-27-5-2-19(15-35)11-24(27)33)4-3-20(18)14-29-38-31-25(34)12-21(32(40)41)13-26(31)39(29)16-23-7-9-42-23/h2-6,8,10-13,23H,7,9,14,16-17H2,1H3,(H,40,41)/t23-/m0/s1. The number of carbonyl (C=O) groups is 1. The lowest BCUT2D eigenvalue weighted by molar-refractivity contribution is -0.0589. The minimum absolute atomic E-state index is 0.0241. The maximum Gasteiger partial charge on any atom is 0.335 e. The topological polar surface area (TPSA) is 132 Å². The molecule has 5 aromatic rings. The zero-order valence-electron chi connectivity index (χ0n) is 23.5. The lowest BCUT2D eigenvalue weighted by Crippen LogP contribution is -2.31. The summed E-state index contributed by atoms with van der Waals surface area (Å²) in [7, 11) is 0. The van der Waals surface area contributed by atoms with Gasteiger partial charge in [0.05, 0.1) is 35.4 Å². The summed E-state index contributed by atoms with van der Waals surface area (Å²) in [4.78, 5) is 24.6. The maximum absolute atomic E-state index is 14.9. The molecular weight excluding hydrogens is 572 g/mol. The molecule has 44 heavy (non-hydrogen) atoms. The van der Waals surface area contributed by atoms with E-state index in [0.717, 1.165) is 29.7 Å². The van der Waals surface area contributed by atoms with Crippen molar-refractivity contribution in [2.45, 2.75) is 39.0 Å². The van der Waals surface area contributed by atoms with Crippen LogP contribution < -0.4 is 9.47 Å². The Morgan fingerprint density at radius 2 is 1.98 bits per heavy atom. The van der Waals surface area contributed by atoms with Crippen LogP contribution in [0, 0.1) is 29.9 Å². The van der Waals surface area contributed by atoms with Gasteiger partial charge in [-0.1, -0.05) is 6.07 Å². The Morgan fingerprint density at radius 3 is 2.68 bits per heavy atom. The summed E-state index contributed by atoms with van der Waals surface area (Å²) in [5, 5.41) is 18.3. The largest absolute Gasteiger partial charge is 0.483 e. The lowest BCUT2D eigenvalue weighted by Gasteiger charge is -2.27. The molecule has 0 radical (unpaired) electrons. The fourth-order valence-corrected chi connectivity index (χ4v) is 4.88. The molecule has 10 nitrogen and oxygen atoms in total. The van der Waals surface area contributed by atoms with E-state index in [1.165, 1.54) is 24.4 Å². The fourth-order valence-electron chi connectivity index (χ4n) is 4.88. The van der Waals surface area contributed by atoms with Crippen molar-refractivity contribution >= 4 is 17.0 Å². The smallest absolute Gasteiger partial charge is 0.335 e. The second-order valence-electron chi connectivity index (χ2n) is 10.3. The Kier molecular flexibility index (Phi) is 7.87. The van der Waals surface area contributed by atoms with E-state index in [1.807, 2.05) is 29.7 Å².